The van der Waals surface area contributed by atoms with Gasteiger partial charge in [0, 0.05) is 17.6 Å². The number of rotatable bonds is 4. The number of hydrogen-bond donors (Lipinski definition) is 3. The monoisotopic (exact) mass is 269 g/mol. The van der Waals surface area contributed by atoms with Crippen LogP contribution in [0.4, 0.5) is 9.18 Å². The topological polar surface area (TPSA) is 88.0 Å². The van der Waals surface area contributed by atoms with E-state index in [4.69, 9.17) is 14.5 Å². The molecule has 102 valence electrons. The van der Waals surface area contributed by atoms with Crippen molar-refractivity contribution in [2.75, 3.05) is 13.2 Å². The number of amides is 1. The standard InChI is InChI=1S/C11H13BFNO5/c1-2-18-7-4-3-6(13)9-8(5-14-11(15)16)19-12(17)10(7)9/h3-4,8,14,17H,2,5H2,1H3,(H,15,16). The summed E-state index contributed by atoms with van der Waals surface area (Å²) in [7, 11) is -1.33. The second kappa shape index (κ2) is 5.46. The van der Waals surface area contributed by atoms with Gasteiger partial charge in [0.2, 0.25) is 0 Å². The Kier molecular flexibility index (Phi) is 3.91. The van der Waals surface area contributed by atoms with Crippen molar-refractivity contribution in [1.29, 1.82) is 0 Å². The van der Waals surface area contributed by atoms with Gasteiger partial charge in [0.05, 0.1) is 12.7 Å². The molecule has 0 radical (unpaired) electrons. The van der Waals surface area contributed by atoms with E-state index >= 15 is 0 Å². The highest BCUT2D eigenvalue weighted by Crippen LogP contribution is 2.29. The lowest BCUT2D eigenvalue weighted by Gasteiger charge is -2.13. The van der Waals surface area contributed by atoms with Crippen LogP contribution in [0.5, 0.6) is 5.75 Å². The van der Waals surface area contributed by atoms with E-state index in [9.17, 15) is 14.2 Å². The Balaban J connectivity index is 2.34. The van der Waals surface area contributed by atoms with Crippen LogP contribution in [0.1, 0.15) is 18.6 Å². The van der Waals surface area contributed by atoms with E-state index in [0.29, 0.717) is 12.4 Å². The van der Waals surface area contributed by atoms with Crippen LogP contribution in [0.25, 0.3) is 0 Å². The maximum atomic E-state index is 13.8. The van der Waals surface area contributed by atoms with Crippen LogP contribution in [-0.2, 0) is 4.65 Å². The van der Waals surface area contributed by atoms with E-state index in [1.54, 1.807) is 6.92 Å². The molecule has 3 N–H and O–H groups in total. The molecule has 0 saturated carbocycles. The molecule has 19 heavy (non-hydrogen) atoms. The maximum absolute atomic E-state index is 13.8. The third kappa shape index (κ3) is 2.64. The molecular weight excluding hydrogens is 256 g/mol. The molecule has 1 amide bonds. The molecule has 0 bridgehead atoms. The third-order valence-electron chi connectivity index (χ3n) is 2.79. The van der Waals surface area contributed by atoms with Gasteiger partial charge in [-0.2, -0.15) is 0 Å². The Morgan fingerprint density at radius 3 is 3.00 bits per heavy atom. The fraction of sp³-hybridized carbons (Fsp3) is 0.364. The van der Waals surface area contributed by atoms with Gasteiger partial charge in [-0.05, 0) is 19.1 Å². The van der Waals surface area contributed by atoms with E-state index in [1.807, 2.05) is 0 Å². The van der Waals surface area contributed by atoms with Gasteiger partial charge in [0.1, 0.15) is 11.6 Å². The summed E-state index contributed by atoms with van der Waals surface area (Å²) in [5.74, 6) is -0.226. The first-order valence-electron chi connectivity index (χ1n) is 5.80. The number of fused-ring (bicyclic) bond motifs is 1. The summed E-state index contributed by atoms with van der Waals surface area (Å²) in [6.45, 7) is 1.98. The quantitative estimate of drug-likeness (QED) is 0.682. The van der Waals surface area contributed by atoms with Gasteiger partial charge in [-0.1, -0.05) is 0 Å². The highest BCUT2D eigenvalue weighted by atomic mass is 19.1. The Bertz CT molecular complexity index is 498. The minimum absolute atomic E-state index is 0.132. The smallest absolute Gasteiger partial charge is 0.494 e. The van der Waals surface area contributed by atoms with Crippen LogP contribution in [0.3, 0.4) is 0 Å². The lowest BCUT2D eigenvalue weighted by Crippen LogP contribution is -2.30. The van der Waals surface area contributed by atoms with E-state index in [2.05, 4.69) is 5.32 Å². The van der Waals surface area contributed by atoms with Crippen LogP contribution in [0, 0.1) is 5.82 Å². The third-order valence-corrected chi connectivity index (χ3v) is 2.79. The first kappa shape index (κ1) is 13.6. The fourth-order valence-electron chi connectivity index (χ4n) is 2.07. The maximum Gasteiger partial charge on any atom is 0.495 e. The van der Waals surface area contributed by atoms with Crippen molar-refractivity contribution >= 4 is 18.7 Å². The average molecular weight is 269 g/mol. The van der Waals surface area contributed by atoms with Crippen molar-refractivity contribution in [2.24, 2.45) is 0 Å². The summed E-state index contributed by atoms with van der Waals surface area (Å²) in [6, 6.07) is 2.62. The molecule has 1 aliphatic heterocycles. The minimum Gasteiger partial charge on any atom is -0.494 e. The van der Waals surface area contributed by atoms with Crippen molar-refractivity contribution in [2.45, 2.75) is 13.0 Å². The normalized spacial score (nSPS) is 17.2. The van der Waals surface area contributed by atoms with Crippen LogP contribution < -0.4 is 15.5 Å². The Morgan fingerprint density at radius 1 is 1.63 bits per heavy atom. The van der Waals surface area contributed by atoms with Gasteiger partial charge in [-0.25, -0.2) is 9.18 Å². The molecule has 0 saturated heterocycles. The summed E-state index contributed by atoms with van der Waals surface area (Å²) in [6.07, 6.45) is -2.12. The predicted octanol–water partition coefficient (Wildman–Crippen LogP) is 0.251. The lowest BCUT2D eigenvalue weighted by molar-refractivity contribution is 0.165. The fourth-order valence-corrected chi connectivity index (χ4v) is 2.07. The van der Waals surface area contributed by atoms with Gasteiger partial charge >= 0.3 is 13.2 Å². The highest BCUT2D eigenvalue weighted by Gasteiger charge is 2.40. The number of hydrogen-bond acceptors (Lipinski definition) is 4. The number of carboxylic acid groups (broad SMARTS) is 1. The molecule has 1 heterocycles. The predicted molar refractivity (Wildman–Crippen MR) is 65.0 cm³/mol. The largest absolute Gasteiger partial charge is 0.495 e. The Labute approximate surface area is 109 Å². The molecule has 1 unspecified atom stereocenters. The Hall–Kier alpha value is -1.80. The first-order chi connectivity index (χ1) is 9.04. The molecule has 6 nitrogen and oxygen atoms in total. The van der Waals surface area contributed by atoms with Gasteiger partial charge in [0.25, 0.3) is 0 Å². The molecule has 0 spiro atoms. The zero-order chi connectivity index (χ0) is 14.0. The SMILES string of the molecule is CCOc1ccc(F)c2c1B(O)OC2CNC(=O)O. The summed E-state index contributed by atoms with van der Waals surface area (Å²) in [5.41, 5.74) is 0.353. The number of benzene rings is 1. The van der Waals surface area contributed by atoms with Crippen molar-refractivity contribution in [3.05, 3.63) is 23.5 Å². The van der Waals surface area contributed by atoms with E-state index in [-0.39, 0.29) is 17.6 Å². The molecule has 2 rings (SSSR count). The average Bonchev–Trinajstić information content (AvgIpc) is 2.69. The molecule has 8 heteroatoms. The van der Waals surface area contributed by atoms with E-state index in [1.165, 1.54) is 12.1 Å². The molecule has 1 aromatic rings. The summed E-state index contributed by atoms with van der Waals surface area (Å²) < 4.78 is 24.3. The molecule has 1 atom stereocenters. The second-order valence-corrected chi connectivity index (χ2v) is 3.97. The van der Waals surface area contributed by atoms with E-state index < -0.39 is 25.1 Å². The van der Waals surface area contributed by atoms with Gasteiger partial charge in [0.15, 0.2) is 0 Å². The summed E-state index contributed by atoms with van der Waals surface area (Å²) in [4.78, 5) is 10.5. The molecule has 0 aromatic heterocycles. The molecule has 0 aliphatic carbocycles. The van der Waals surface area contributed by atoms with Crippen molar-refractivity contribution in [3.63, 3.8) is 0 Å². The van der Waals surface area contributed by atoms with Crippen molar-refractivity contribution < 1.29 is 28.7 Å². The van der Waals surface area contributed by atoms with Crippen LogP contribution in [0.2, 0.25) is 0 Å². The zero-order valence-corrected chi connectivity index (χ0v) is 10.2. The molecule has 1 aliphatic rings. The number of carbonyl (C=O) groups is 1. The van der Waals surface area contributed by atoms with Crippen LogP contribution in [-0.4, -0.2) is 36.5 Å². The van der Waals surface area contributed by atoms with Crippen molar-refractivity contribution in [1.82, 2.24) is 5.32 Å². The number of ether oxygens (including phenoxy) is 1. The van der Waals surface area contributed by atoms with Crippen molar-refractivity contribution in [3.8, 4) is 5.75 Å². The Morgan fingerprint density at radius 2 is 2.37 bits per heavy atom. The van der Waals surface area contributed by atoms with Gasteiger partial charge in [-0.3, -0.25) is 0 Å². The first-order valence-corrected chi connectivity index (χ1v) is 5.80. The second-order valence-electron chi connectivity index (χ2n) is 3.97. The van der Waals surface area contributed by atoms with Gasteiger partial charge in [-0.15, -0.1) is 0 Å². The zero-order valence-electron chi connectivity index (χ0n) is 10.2. The number of nitrogens with one attached hydrogen (secondary N) is 1. The van der Waals surface area contributed by atoms with Gasteiger partial charge < -0.3 is 24.8 Å². The summed E-state index contributed by atoms with van der Waals surface area (Å²) in [5, 5.41) is 20.5. The van der Waals surface area contributed by atoms with E-state index in [0.717, 1.165) is 0 Å². The highest BCUT2D eigenvalue weighted by molar-refractivity contribution is 6.62. The summed E-state index contributed by atoms with van der Waals surface area (Å²) >= 11 is 0. The lowest BCUT2D eigenvalue weighted by atomic mass is 9.78. The minimum atomic E-state index is -1.33. The molecule has 0 fully saturated rings. The molecular formula is C11H13BFNO5. The molecule has 1 aromatic carbocycles. The van der Waals surface area contributed by atoms with Crippen LogP contribution in [0.15, 0.2) is 12.1 Å². The number of halogens is 1. The van der Waals surface area contributed by atoms with Crippen LogP contribution >= 0.6 is 0 Å².